The predicted octanol–water partition coefficient (Wildman–Crippen LogP) is 2.36. The van der Waals surface area contributed by atoms with Gasteiger partial charge in [-0.2, -0.15) is 0 Å². The Labute approximate surface area is 93.7 Å². The lowest BCUT2D eigenvalue weighted by molar-refractivity contribution is -0.108. The largest absolute Gasteiger partial charge is 0.350 e. The van der Waals surface area contributed by atoms with Crippen molar-refractivity contribution in [3.05, 3.63) is 12.2 Å². The molecule has 0 radical (unpaired) electrons. The zero-order valence-corrected chi connectivity index (χ0v) is 10.1. The molecule has 15 heavy (non-hydrogen) atoms. The molecule has 0 aromatic heterocycles. The minimum absolute atomic E-state index is 0.0385. The van der Waals surface area contributed by atoms with Gasteiger partial charge in [0, 0.05) is 15.9 Å². The van der Waals surface area contributed by atoms with Gasteiger partial charge in [-0.1, -0.05) is 17.9 Å². The molecule has 4 atom stereocenters. The Kier molecular flexibility index (Phi) is 5.61. The van der Waals surface area contributed by atoms with Gasteiger partial charge in [-0.3, -0.25) is 0 Å². The van der Waals surface area contributed by atoms with Crippen molar-refractivity contribution in [1.82, 2.24) is 0 Å². The molecular weight excluding hydrogens is 207 g/mol. The van der Waals surface area contributed by atoms with Gasteiger partial charge in [0.05, 0.1) is 0 Å². The molecule has 1 aliphatic rings. The van der Waals surface area contributed by atoms with E-state index in [-0.39, 0.29) is 6.10 Å². The van der Waals surface area contributed by atoms with Crippen LogP contribution in [0.5, 0.6) is 0 Å². The van der Waals surface area contributed by atoms with Crippen LogP contribution in [0, 0.1) is 23.7 Å². The van der Waals surface area contributed by atoms with Gasteiger partial charge in [0.15, 0.2) is 0 Å². The molecule has 0 heterocycles. The third-order valence-electron chi connectivity index (χ3n) is 2.60. The van der Waals surface area contributed by atoms with Crippen molar-refractivity contribution >= 4 is 15.8 Å². The van der Waals surface area contributed by atoms with Gasteiger partial charge < -0.3 is 9.32 Å². The molecule has 0 saturated heterocycles. The fraction of sp³-hybridized carbons (Fsp3) is 0.583. The number of carbonyl (C=O) groups is 1. The SMILES string of the molecule is CC(C#C/C=C\C[C@@H]1C[C@H]1CC=O)OP. The van der Waals surface area contributed by atoms with Crippen molar-refractivity contribution in [3.8, 4) is 11.8 Å². The summed E-state index contributed by atoms with van der Waals surface area (Å²) >= 11 is 0. The van der Waals surface area contributed by atoms with Crippen LogP contribution in [0.25, 0.3) is 0 Å². The van der Waals surface area contributed by atoms with Crippen molar-refractivity contribution in [3.63, 3.8) is 0 Å². The molecule has 0 N–H and O–H groups in total. The zero-order chi connectivity index (χ0) is 11.1. The van der Waals surface area contributed by atoms with Gasteiger partial charge in [0.1, 0.15) is 12.4 Å². The summed E-state index contributed by atoms with van der Waals surface area (Å²) in [5, 5.41) is 0. The quantitative estimate of drug-likeness (QED) is 0.407. The Balaban J connectivity index is 2.12. The van der Waals surface area contributed by atoms with Gasteiger partial charge in [0.2, 0.25) is 0 Å². The van der Waals surface area contributed by atoms with Crippen LogP contribution in [0.1, 0.15) is 26.2 Å². The fourth-order valence-electron chi connectivity index (χ4n) is 1.51. The van der Waals surface area contributed by atoms with Crippen molar-refractivity contribution < 1.29 is 9.32 Å². The molecule has 0 bridgehead atoms. The highest BCUT2D eigenvalue weighted by atomic mass is 31.0. The number of carbonyl (C=O) groups excluding carboxylic acids is 1. The molecule has 1 fully saturated rings. The van der Waals surface area contributed by atoms with Crippen LogP contribution in [-0.4, -0.2) is 12.4 Å². The summed E-state index contributed by atoms with van der Waals surface area (Å²) in [4.78, 5) is 10.2. The summed E-state index contributed by atoms with van der Waals surface area (Å²) in [5.41, 5.74) is 0. The van der Waals surface area contributed by atoms with Gasteiger partial charge in [0.25, 0.3) is 0 Å². The van der Waals surface area contributed by atoms with E-state index in [9.17, 15) is 4.79 Å². The highest BCUT2D eigenvalue weighted by Crippen LogP contribution is 2.43. The van der Waals surface area contributed by atoms with Gasteiger partial charge in [-0.15, -0.1) is 0 Å². The first-order valence-corrected chi connectivity index (χ1v) is 5.70. The first-order chi connectivity index (χ1) is 7.27. The molecular formula is C12H17O2P. The standard InChI is InChI=1S/C12H17O2P/c1-10(14-15)5-3-2-4-6-11-9-12(11)7-8-13/h2,4,8,10-12H,6-7,9,15H2,1H3/b4-2-/t10?,11-,12-/m1/s1. The molecule has 1 aliphatic carbocycles. The number of allylic oxidation sites excluding steroid dienone is 2. The first kappa shape index (κ1) is 12.4. The molecule has 82 valence electrons. The lowest BCUT2D eigenvalue weighted by atomic mass is 10.2. The second-order valence-corrected chi connectivity index (χ2v) is 4.14. The summed E-state index contributed by atoms with van der Waals surface area (Å²) < 4.78 is 4.91. The predicted molar refractivity (Wildman–Crippen MR) is 64.1 cm³/mol. The third kappa shape index (κ3) is 5.11. The van der Waals surface area contributed by atoms with E-state index in [0.717, 1.165) is 19.1 Å². The van der Waals surface area contributed by atoms with E-state index in [1.165, 1.54) is 6.42 Å². The van der Waals surface area contributed by atoms with Crippen LogP contribution < -0.4 is 0 Å². The average Bonchev–Trinajstić information content (AvgIpc) is 2.96. The van der Waals surface area contributed by atoms with E-state index in [1.54, 1.807) is 0 Å². The maximum atomic E-state index is 10.2. The van der Waals surface area contributed by atoms with E-state index in [0.29, 0.717) is 11.8 Å². The number of hydrogen-bond acceptors (Lipinski definition) is 2. The molecule has 0 aliphatic heterocycles. The highest BCUT2D eigenvalue weighted by molar-refractivity contribution is 7.09. The van der Waals surface area contributed by atoms with E-state index in [2.05, 4.69) is 27.4 Å². The van der Waals surface area contributed by atoms with Crippen molar-refractivity contribution in [1.29, 1.82) is 0 Å². The molecule has 0 aromatic carbocycles. The third-order valence-corrected chi connectivity index (χ3v) is 3.01. The Hall–Kier alpha value is -0.640. The number of rotatable bonds is 5. The fourth-order valence-corrected chi connectivity index (χ4v) is 1.58. The van der Waals surface area contributed by atoms with Crippen molar-refractivity contribution in [2.45, 2.75) is 32.3 Å². The molecule has 1 rings (SSSR count). The molecule has 2 nitrogen and oxygen atoms in total. The van der Waals surface area contributed by atoms with E-state index < -0.39 is 0 Å². The topological polar surface area (TPSA) is 26.3 Å². The second-order valence-electron chi connectivity index (χ2n) is 3.86. The smallest absolute Gasteiger partial charge is 0.120 e. The number of aldehydes is 1. The molecule has 2 unspecified atom stereocenters. The lowest BCUT2D eigenvalue weighted by Crippen LogP contribution is -1.94. The van der Waals surface area contributed by atoms with E-state index >= 15 is 0 Å². The summed E-state index contributed by atoms with van der Waals surface area (Å²) in [6, 6.07) is 0. The minimum Gasteiger partial charge on any atom is -0.350 e. The molecule has 0 amide bonds. The maximum Gasteiger partial charge on any atom is 0.120 e. The Morgan fingerprint density at radius 1 is 1.53 bits per heavy atom. The van der Waals surface area contributed by atoms with Crippen molar-refractivity contribution in [2.24, 2.45) is 11.8 Å². The van der Waals surface area contributed by atoms with Crippen LogP contribution in [-0.2, 0) is 9.32 Å². The van der Waals surface area contributed by atoms with Gasteiger partial charge in [-0.05, 0) is 37.7 Å². The van der Waals surface area contributed by atoms with Gasteiger partial charge in [-0.25, -0.2) is 0 Å². The first-order valence-electron chi connectivity index (χ1n) is 5.23. The monoisotopic (exact) mass is 224 g/mol. The summed E-state index contributed by atoms with van der Waals surface area (Å²) in [6.45, 7) is 1.90. The zero-order valence-electron chi connectivity index (χ0n) is 8.98. The maximum absolute atomic E-state index is 10.2. The highest BCUT2D eigenvalue weighted by Gasteiger charge is 2.34. The Morgan fingerprint density at radius 2 is 2.27 bits per heavy atom. The summed E-state index contributed by atoms with van der Waals surface area (Å²) in [7, 11) is 2.20. The van der Waals surface area contributed by atoms with Crippen LogP contribution in [0.4, 0.5) is 0 Å². The van der Waals surface area contributed by atoms with Crippen LogP contribution in [0.2, 0.25) is 0 Å². The second kappa shape index (κ2) is 6.77. The van der Waals surface area contributed by atoms with Crippen molar-refractivity contribution in [2.75, 3.05) is 0 Å². The normalized spacial score (nSPS) is 25.7. The molecule has 0 aromatic rings. The average molecular weight is 224 g/mol. The molecule has 0 spiro atoms. The van der Waals surface area contributed by atoms with E-state index in [1.807, 2.05) is 13.0 Å². The van der Waals surface area contributed by atoms with Crippen LogP contribution in [0.3, 0.4) is 0 Å². The Bertz CT molecular complexity index is 288. The van der Waals surface area contributed by atoms with Crippen LogP contribution >= 0.6 is 9.47 Å². The van der Waals surface area contributed by atoms with Crippen LogP contribution in [0.15, 0.2) is 12.2 Å². The minimum atomic E-state index is -0.0385. The number of hydrogen-bond donors (Lipinski definition) is 0. The van der Waals surface area contributed by atoms with Gasteiger partial charge >= 0.3 is 0 Å². The molecule has 1 saturated carbocycles. The summed E-state index contributed by atoms with van der Waals surface area (Å²) in [6.07, 6.45) is 7.90. The summed E-state index contributed by atoms with van der Waals surface area (Å²) in [5.74, 6) is 7.20. The van der Waals surface area contributed by atoms with E-state index in [4.69, 9.17) is 4.52 Å². The Morgan fingerprint density at radius 3 is 2.93 bits per heavy atom. The lowest BCUT2D eigenvalue weighted by Gasteiger charge is -1.95. The molecule has 3 heteroatoms.